The zero-order valence-corrected chi connectivity index (χ0v) is 10.4. The van der Waals surface area contributed by atoms with E-state index in [0.29, 0.717) is 0 Å². The molecular formula is C9H7F9O4. The Labute approximate surface area is 115 Å². The fourth-order valence-corrected chi connectivity index (χ4v) is 1.35. The van der Waals surface area contributed by atoms with Crippen molar-refractivity contribution in [2.24, 2.45) is 5.92 Å². The molecule has 0 saturated heterocycles. The second-order valence-electron chi connectivity index (χ2n) is 3.91. The Hall–Kier alpha value is -1.69. The minimum atomic E-state index is -6.30. The zero-order chi connectivity index (χ0) is 18.1. The predicted molar refractivity (Wildman–Crippen MR) is 48.4 cm³/mol. The summed E-state index contributed by atoms with van der Waals surface area (Å²) in [6.45, 7) is 0.262. The highest BCUT2D eigenvalue weighted by molar-refractivity contribution is 5.95. The fraction of sp³-hybridized carbons (Fsp3) is 0.778. The lowest BCUT2D eigenvalue weighted by Gasteiger charge is -2.36. The third-order valence-electron chi connectivity index (χ3n) is 2.50. The molecule has 1 N–H and O–H groups in total. The van der Waals surface area contributed by atoms with E-state index in [0.717, 1.165) is 0 Å². The van der Waals surface area contributed by atoms with Gasteiger partial charge in [0.2, 0.25) is 5.92 Å². The zero-order valence-electron chi connectivity index (χ0n) is 10.4. The third kappa shape index (κ3) is 3.74. The molecule has 0 heterocycles. The van der Waals surface area contributed by atoms with Gasteiger partial charge in [-0.25, -0.2) is 0 Å². The van der Waals surface area contributed by atoms with Crippen LogP contribution in [0.1, 0.15) is 13.3 Å². The van der Waals surface area contributed by atoms with E-state index in [2.05, 4.69) is 4.74 Å². The van der Waals surface area contributed by atoms with E-state index >= 15 is 0 Å². The van der Waals surface area contributed by atoms with Crippen LogP contribution in [0.25, 0.3) is 0 Å². The largest absolute Gasteiger partial charge is 0.480 e. The van der Waals surface area contributed by atoms with Gasteiger partial charge in [-0.15, -0.1) is 0 Å². The van der Waals surface area contributed by atoms with Crippen molar-refractivity contribution >= 4 is 11.9 Å². The van der Waals surface area contributed by atoms with E-state index in [4.69, 9.17) is 5.11 Å². The van der Waals surface area contributed by atoms with Crippen LogP contribution in [-0.2, 0) is 14.3 Å². The van der Waals surface area contributed by atoms with E-state index in [9.17, 15) is 49.1 Å². The molecule has 0 aromatic carbocycles. The number of rotatable bonds is 4. The molecule has 13 heteroatoms. The first-order valence-corrected chi connectivity index (χ1v) is 5.17. The van der Waals surface area contributed by atoms with Crippen molar-refractivity contribution in [3.05, 3.63) is 0 Å². The monoisotopic (exact) mass is 350 g/mol. The van der Waals surface area contributed by atoms with Crippen molar-refractivity contribution in [1.82, 2.24) is 0 Å². The molecule has 4 nitrogen and oxygen atoms in total. The number of carbonyl (C=O) groups is 2. The van der Waals surface area contributed by atoms with Crippen LogP contribution in [0.5, 0.6) is 0 Å². The summed E-state index contributed by atoms with van der Waals surface area (Å²) in [7, 11) is 0. The molecule has 1 atom stereocenters. The number of aliphatic carboxylic acids is 1. The molecule has 0 spiro atoms. The standard InChI is InChI=1S/C9H7F9O4/c1-2-6(8(13,14)15,9(16,17)18)22-5(21)3(4(19)20)7(10,11)12/h3H,2H2,1H3,(H,19,20). The summed E-state index contributed by atoms with van der Waals surface area (Å²) < 4.78 is 115. The molecule has 0 aliphatic carbocycles. The van der Waals surface area contributed by atoms with Gasteiger partial charge < -0.3 is 9.84 Å². The molecule has 0 bridgehead atoms. The second kappa shape index (κ2) is 5.83. The average Bonchev–Trinajstić information content (AvgIpc) is 2.19. The maximum absolute atomic E-state index is 12.6. The molecule has 1 unspecified atom stereocenters. The van der Waals surface area contributed by atoms with Gasteiger partial charge in [-0.3, -0.25) is 9.59 Å². The molecule has 0 aliphatic rings. The van der Waals surface area contributed by atoms with Gasteiger partial charge >= 0.3 is 36.1 Å². The van der Waals surface area contributed by atoms with Crippen LogP contribution >= 0.6 is 0 Å². The van der Waals surface area contributed by atoms with Crippen LogP contribution in [0.3, 0.4) is 0 Å². The molecule has 0 aromatic rings. The van der Waals surface area contributed by atoms with E-state index in [1.165, 1.54) is 0 Å². The number of carboxylic acid groups (broad SMARTS) is 1. The smallest absolute Gasteiger partial charge is 0.437 e. The number of hydrogen-bond donors (Lipinski definition) is 1. The quantitative estimate of drug-likeness (QED) is 0.481. The molecule has 0 radical (unpaired) electrons. The number of ether oxygens (including phenoxy) is 1. The Morgan fingerprint density at radius 3 is 1.50 bits per heavy atom. The number of alkyl halides is 9. The summed E-state index contributed by atoms with van der Waals surface area (Å²) in [5.74, 6) is -10.4. The average molecular weight is 350 g/mol. The van der Waals surface area contributed by atoms with Crippen molar-refractivity contribution in [2.75, 3.05) is 0 Å². The Bertz CT molecular complexity index is 420. The Kier molecular flexibility index (Phi) is 5.39. The number of carbonyl (C=O) groups excluding carboxylic acids is 1. The number of hydrogen-bond acceptors (Lipinski definition) is 3. The van der Waals surface area contributed by atoms with Gasteiger partial charge in [-0.1, -0.05) is 6.92 Å². The molecule has 0 amide bonds. The molecule has 0 rings (SSSR count). The van der Waals surface area contributed by atoms with Crippen LogP contribution < -0.4 is 0 Å². The van der Waals surface area contributed by atoms with Gasteiger partial charge in [0.1, 0.15) is 0 Å². The van der Waals surface area contributed by atoms with Crippen LogP contribution in [0.15, 0.2) is 0 Å². The van der Waals surface area contributed by atoms with Gasteiger partial charge in [0.15, 0.2) is 0 Å². The van der Waals surface area contributed by atoms with Crippen molar-refractivity contribution in [3.8, 4) is 0 Å². The summed E-state index contributed by atoms with van der Waals surface area (Å²) >= 11 is 0. The number of esters is 1. The van der Waals surface area contributed by atoms with E-state index < -0.39 is 48.4 Å². The second-order valence-corrected chi connectivity index (χ2v) is 3.91. The topological polar surface area (TPSA) is 63.6 Å². The Morgan fingerprint density at radius 2 is 1.32 bits per heavy atom. The van der Waals surface area contributed by atoms with E-state index in [-0.39, 0.29) is 6.92 Å². The van der Waals surface area contributed by atoms with Crippen molar-refractivity contribution in [1.29, 1.82) is 0 Å². The van der Waals surface area contributed by atoms with Crippen LogP contribution in [0.2, 0.25) is 0 Å². The maximum Gasteiger partial charge on any atom is 0.437 e. The lowest BCUT2D eigenvalue weighted by Crippen LogP contribution is -2.60. The van der Waals surface area contributed by atoms with Gasteiger partial charge in [0, 0.05) is 6.42 Å². The minimum Gasteiger partial charge on any atom is -0.480 e. The van der Waals surface area contributed by atoms with Crippen molar-refractivity contribution in [3.63, 3.8) is 0 Å². The molecule has 130 valence electrons. The van der Waals surface area contributed by atoms with Gasteiger partial charge in [-0.2, -0.15) is 39.5 Å². The van der Waals surface area contributed by atoms with Crippen LogP contribution in [-0.4, -0.2) is 41.2 Å². The first-order chi connectivity index (χ1) is 9.51. The highest BCUT2D eigenvalue weighted by Gasteiger charge is 2.74. The van der Waals surface area contributed by atoms with Gasteiger partial charge in [0.25, 0.3) is 0 Å². The molecule has 0 aliphatic heterocycles. The Balaban J connectivity index is 5.89. The fourth-order valence-electron chi connectivity index (χ4n) is 1.35. The SMILES string of the molecule is CCC(OC(=O)C(C(=O)O)C(F)(F)F)(C(F)(F)F)C(F)(F)F. The van der Waals surface area contributed by atoms with Crippen molar-refractivity contribution < 1.29 is 58.9 Å². The van der Waals surface area contributed by atoms with Crippen LogP contribution in [0, 0.1) is 5.92 Å². The number of halogens is 9. The highest BCUT2D eigenvalue weighted by Crippen LogP contribution is 2.48. The summed E-state index contributed by atoms with van der Waals surface area (Å²) in [5, 5.41) is 8.17. The lowest BCUT2D eigenvalue weighted by molar-refractivity contribution is -0.372. The van der Waals surface area contributed by atoms with Crippen LogP contribution in [0.4, 0.5) is 39.5 Å². The first-order valence-electron chi connectivity index (χ1n) is 5.17. The predicted octanol–water partition coefficient (Wildman–Crippen LogP) is 3.07. The molecule has 0 fully saturated rings. The Morgan fingerprint density at radius 1 is 0.955 bits per heavy atom. The van der Waals surface area contributed by atoms with Gasteiger partial charge in [0.05, 0.1) is 0 Å². The van der Waals surface area contributed by atoms with Crippen molar-refractivity contribution in [2.45, 2.75) is 37.5 Å². The lowest BCUT2D eigenvalue weighted by atomic mass is 9.98. The van der Waals surface area contributed by atoms with E-state index in [1.54, 1.807) is 0 Å². The third-order valence-corrected chi connectivity index (χ3v) is 2.50. The molecule has 22 heavy (non-hydrogen) atoms. The summed E-state index contributed by atoms with van der Waals surface area (Å²) in [6, 6.07) is 0. The van der Waals surface area contributed by atoms with Gasteiger partial charge in [-0.05, 0) is 0 Å². The highest BCUT2D eigenvalue weighted by atomic mass is 19.4. The molecule has 0 aromatic heterocycles. The summed E-state index contributed by atoms with van der Waals surface area (Å²) in [4.78, 5) is 21.3. The summed E-state index contributed by atoms with van der Waals surface area (Å²) in [6.07, 6.45) is -20.5. The van der Waals surface area contributed by atoms with E-state index in [1.807, 2.05) is 0 Å². The minimum absolute atomic E-state index is 0.262. The molecule has 0 saturated carbocycles. The molecular weight excluding hydrogens is 343 g/mol. The maximum atomic E-state index is 12.6. The summed E-state index contributed by atoms with van der Waals surface area (Å²) in [5.41, 5.74) is -5.24. The normalized spacial score (nSPS) is 15.4. The first kappa shape index (κ1) is 20.3. The number of carboxylic acids is 1.